The molecule has 0 radical (unpaired) electrons. The quantitative estimate of drug-likeness (QED) is 0.854. The smallest absolute Gasteiger partial charge is 0.370 e. The van der Waals surface area contributed by atoms with E-state index in [9.17, 15) is 13.2 Å². The predicted octanol–water partition coefficient (Wildman–Crippen LogP) is 4.13. The topological polar surface area (TPSA) is 37.0 Å². The first kappa shape index (κ1) is 14.9. The summed E-state index contributed by atoms with van der Waals surface area (Å²) in [7, 11) is 0. The maximum Gasteiger partial charge on any atom is 0.416 e. The van der Waals surface area contributed by atoms with Crippen molar-refractivity contribution in [2.75, 3.05) is 23.7 Å². The molecular weight excluding hydrogens is 267 g/mol. The molecule has 0 unspecified atom stereocenters. The number of alkyl halides is 3. The fraction of sp³-hybridized carbons (Fsp3) is 0.643. The largest absolute Gasteiger partial charge is 0.416 e. The van der Waals surface area contributed by atoms with Gasteiger partial charge in [-0.3, -0.25) is 0 Å². The Hall–Kier alpha value is -1.46. The van der Waals surface area contributed by atoms with Gasteiger partial charge < -0.3 is 10.6 Å². The summed E-state index contributed by atoms with van der Waals surface area (Å²) < 4.78 is 38.5. The number of anilines is 2. The number of halogens is 3. The Morgan fingerprint density at radius 1 is 1.15 bits per heavy atom. The van der Waals surface area contributed by atoms with E-state index >= 15 is 0 Å². The third-order valence-corrected chi connectivity index (χ3v) is 3.56. The van der Waals surface area contributed by atoms with E-state index in [0.717, 1.165) is 25.0 Å². The van der Waals surface area contributed by atoms with Gasteiger partial charge in [0, 0.05) is 13.1 Å². The van der Waals surface area contributed by atoms with Gasteiger partial charge in [-0.2, -0.15) is 13.2 Å². The molecule has 2 N–H and O–H groups in total. The lowest BCUT2D eigenvalue weighted by atomic mass is 10.1. The van der Waals surface area contributed by atoms with Gasteiger partial charge in [0.25, 0.3) is 0 Å². The summed E-state index contributed by atoms with van der Waals surface area (Å²) in [6.45, 7) is 3.06. The van der Waals surface area contributed by atoms with Crippen LogP contribution in [-0.2, 0) is 6.18 Å². The number of aromatic nitrogens is 1. The number of hydrogen-bond donors (Lipinski definition) is 2. The van der Waals surface area contributed by atoms with Crippen LogP contribution in [0.25, 0.3) is 0 Å². The molecule has 0 saturated heterocycles. The number of nitrogens with one attached hydrogen (secondary N) is 2. The van der Waals surface area contributed by atoms with Gasteiger partial charge in [0.1, 0.15) is 11.6 Å². The summed E-state index contributed by atoms with van der Waals surface area (Å²) in [5.41, 5.74) is -0.669. The third kappa shape index (κ3) is 4.02. The SMILES string of the molecule is CCNc1cc(C(F)(F)F)cc(NCC2CCCC2)n1. The number of pyridine rings is 1. The molecule has 0 aliphatic heterocycles. The zero-order valence-electron chi connectivity index (χ0n) is 11.6. The van der Waals surface area contributed by atoms with Crippen molar-refractivity contribution < 1.29 is 13.2 Å². The molecule has 20 heavy (non-hydrogen) atoms. The van der Waals surface area contributed by atoms with Gasteiger partial charge in [-0.25, -0.2) is 4.98 Å². The Bertz CT molecular complexity index is 440. The number of rotatable bonds is 5. The summed E-state index contributed by atoms with van der Waals surface area (Å²) in [4.78, 5) is 4.18. The van der Waals surface area contributed by atoms with Crippen LogP contribution in [0.5, 0.6) is 0 Å². The Morgan fingerprint density at radius 3 is 2.30 bits per heavy atom. The van der Waals surface area contributed by atoms with Crippen LogP contribution in [-0.4, -0.2) is 18.1 Å². The fourth-order valence-corrected chi connectivity index (χ4v) is 2.52. The highest BCUT2D eigenvalue weighted by molar-refractivity contribution is 5.49. The van der Waals surface area contributed by atoms with Crippen molar-refractivity contribution in [3.05, 3.63) is 17.7 Å². The first-order chi connectivity index (χ1) is 9.49. The highest BCUT2D eigenvalue weighted by atomic mass is 19.4. The van der Waals surface area contributed by atoms with Crippen molar-refractivity contribution in [1.29, 1.82) is 0 Å². The summed E-state index contributed by atoms with van der Waals surface area (Å²) in [6.07, 6.45) is 0.366. The maximum atomic E-state index is 12.8. The molecule has 1 aromatic heterocycles. The van der Waals surface area contributed by atoms with E-state index in [1.165, 1.54) is 12.8 Å². The van der Waals surface area contributed by atoms with E-state index in [2.05, 4.69) is 15.6 Å². The van der Waals surface area contributed by atoms with Crippen LogP contribution in [0.2, 0.25) is 0 Å². The Kier molecular flexibility index (Phi) is 4.73. The summed E-state index contributed by atoms with van der Waals surface area (Å²) in [5.74, 6) is 1.10. The van der Waals surface area contributed by atoms with Gasteiger partial charge in [-0.05, 0) is 37.8 Å². The zero-order valence-corrected chi connectivity index (χ0v) is 11.6. The molecule has 1 heterocycles. The van der Waals surface area contributed by atoms with Gasteiger partial charge in [0.05, 0.1) is 5.56 Å². The number of nitrogens with zero attached hydrogens (tertiary/aromatic N) is 1. The lowest BCUT2D eigenvalue weighted by Crippen LogP contribution is -2.14. The average molecular weight is 287 g/mol. The van der Waals surface area contributed by atoms with Crippen molar-refractivity contribution in [1.82, 2.24) is 4.98 Å². The molecule has 1 aliphatic carbocycles. The van der Waals surface area contributed by atoms with E-state index in [-0.39, 0.29) is 5.82 Å². The third-order valence-electron chi connectivity index (χ3n) is 3.56. The lowest BCUT2D eigenvalue weighted by Gasteiger charge is -2.15. The van der Waals surface area contributed by atoms with Crippen LogP contribution in [0, 0.1) is 5.92 Å². The highest BCUT2D eigenvalue weighted by Crippen LogP contribution is 2.32. The van der Waals surface area contributed by atoms with Crippen LogP contribution < -0.4 is 10.6 Å². The predicted molar refractivity (Wildman–Crippen MR) is 73.9 cm³/mol. The molecule has 1 fully saturated rings. The van der Waals surface area contributed by atoms with Crippen LogP contribution >= 0.6 is 0 Å². The van der Waals surface area contributed by atoms with Crippen LogP contribution in [0.4, 0.5) is 24.8 Å². The summed E-state index contributed by atoms with van der Waals surface area (Å²) >= 11 is 0. The molecule has 0 atom stereocenters. The van der Waals surface area contributed by atoms with Crippen molar-refractivity contribution in [3.63, 3.8) is 0 Å². The molecule has 0 amide bonds. The standard InChI is InChI=1S/C14H20F3N3/c1-2-18-12-7-11(14(15,16)17)8-13(20-12)19-9-10-5-3-4-6-10/h7-8,10H,2-6,9H2,1H3,(H2,18,19,20). The Balaban J connectivity index is 2.11. The number of hydrogen-bond acceptors (Lipinski definition) is 3. The first-order valence-electron chi connectivity index (χ1n) is 7.06. The molecule has 0 spiro atoms. The van der Waals surface area contributed by atoms with E-state index in [0.29, 0.717) is 24.8 Å². The zero-order chi connectivity index (χ0) is 14.6. The minimum absolute atomic E-state index is 0.260. The average Bonchev–Trinajstić information content (AvgIpc) is 2.88. The molecule has 0 bridgehead atoms. The van der Waals surface area contributed by atoms with E-state index in [1.807, 2.05) is 6.92 Å². The van der Waals surface area contributed by atoms with E-state index < -0.39 is 11.7 Å². The van der Waals surface area contributed by atoms with Crippen molar-refractivity contribution in [2.45, 2.75) is 38.8 Å². The second-order valence-electron chi connectivity index (χ2n) is 5.19. The second kappa shape index (κ2) is 6.33. The minimum Gasteiger partial charge on any atom is -0.370 e. The minimum atomic E-state index is -4.35. The molecule has 1 saturated carbocycles. The van der Waals surface area contributed by atoms with Crippen molar-refractivity contribution in [2.24, 2.45) is 5.92 Å². The lowest BCUT2D eigenvalue weighted by molar-refractivity contribution is -0.137. The highest BCUT2D eigenvalue weighted by Gasteiger charge is 2.31. The molecular formula is C14H20F3N3. The van der Waals surface area contributed by atoms with Crippen molar-refractivity contribution in [3.8, 4) is 0 Å². The molecule has 2 rings (SSSR count). The van der Waals surface area contributed by atoms with Gasteiger partial charge in [-0.15, -0.1) is 0 Å². The fourth-order valence-electron chi connectivity index (χ4n) is 2.52. The van der Waals surface area contributed by atoms with Crippen LogP contribution in [0.1, 0.15) is 38.2 Å². The van der Waals surface area contributed by atoms with Crippen LogP contribution in [0.15, 0.2) is 12.1 Å². The summed E-state index contributed by atoms with van der Waals surface area (Å²) in [5, 5.41) is 5.88. The monoisotopic (exact) mass is 287 g/mol. The molecule has 6 heteroatoms. The van der Waals surface area contributed by atoms with Gasteiger partial charge in [-0.1, -0.05) is 12.8 Å². The summed E-state index contributed by atoms with van der Waals surface area (Å²) in [6, 6.07) is 2.13. The van der Waals surface area contributed by atoms with Crippen molar-refractivity contribution >= 4 is 11.6 Å². The normalized spacial score (nSPS) is 16.4. The van der Waals surface area contributed by atoms with Gasteiger partial charge >= 0.3 is 6.18 Å². The van der Waals surface area contributed by atoms with Gasteiger partial charge in [0.15, 0.2) is 0 Å². The maximum absolute atomic E-state index is 12.8. The Labute approximate surface area is 117 Å². The van der Waals surface area contributed by atoms with Crippen LogP contribution in [0.3, 0.4) is 0 Å². The molecule has 112 valence electrons. The van der Waals surface area contributed by atoms with E-state index in [4.69, 9.17) is 0 Å². The molecule has 0 aromatic carbocycles. The van der Waals surface area contributed by atoms with Gasteiger partial charge in [0.2, 0.25) is 0 Å². The Morgan fingerprint density at radius 2 is 1.75 bits per heavy atom. The second-order valence-corrected chi connectivity index (χ2v) is 5.19. The molecule has 3 nitrogen and oxygen atoms in total. The molecule has 1 aliphatic rings. The molecule has 1 aromatic rings. The first-order valence-corrected chi connectivity index (χ1v) is 7.06. The van der Waals surface area contributed by atoms with E-state index in [1.54, 1.807) is 0 Å².